The molecule has 3 aliphatic carbocycles. The molecule has 0 spiro atoms. The second-order valence-electron chi connectivity index (χ2n) is 20.6. The van der Waals surface area contributed by atoms with Crippen LogP contribution in [0.4, 0.5) is 4.79 Å². The van der Waals surface area contributed by atoms with Crippen LogP contribution >= 0.6 is 0 Å². The zero-order chi connectivity index (χ0) is 49.3. The Balaban J connectivity index is 1.29. The molecule has 364 valence electrons. The summed E-state index contributed by atoms with van der Waals surface area (Å²) in [5.74, 6) is -4.15. The number of aryl methyl sites for hydroxylation is 1. The van der Waals surface area contributed by atoms with Crippen molar-refractivity contribution in [2.45, 2.75) is 141 Å². The predicted octanol–water partition coefficient (Wildman–Crippen LogP) is 7.33. The lowest BCUT2D eigenvalue weighted by Crippen LogP contribution is -2.82. The first kappa shape index (κ1) is 49.0. The van der Waals surface area contributed by atoms with Crippen LogP contribution in [0, 0.1) is 23.7 Å². The van der Waals surface area contributed by atoms with Crippen LogP contribution in [0.15, 0.2) is 96.1 Å². The van der Waals surface area contributed by atoms with E-state index in [4.69, 9.17) is 37.9 Å². The maximum absolute atomic E-state index is 15.8. The molecule has 15 heteroatoms. The Morgan fingerprint density at radius 1 is 0.838 bits per heavy atom. The van der Waals surface area contributed by atoms with Gasteiger partial charge in [-0.2, -0.15) is 0 Å². The molecule has 8 rings (SSSR count). The van der Waals surface area contributed by atoms with Crippen LogP contribution in [0.25, 0.3) is 0 Å². The standard InChI is InChI=1S/C53H63NO14/c1-29-22-24-33(25-23-29)45-54(48(59)68-49(4,5)6)39(32-18-14-12-15-19-32)41(65-45)47(58)64-35-27-53(60)44(66-46(57)34-20-16-13-17-21-34)42-51(9,43(56)40(62-11)38(30(35)2)50(53,7)8)36(61-10)26-37-52(42,28-63-37)67-31(3)55/h12-25,35-37,39-42,44-45,60H,26-28H2,1-11H3/t35-,36-,37+,39?,40+,41?,42-,44-,45?,51+,52-,53+/m0/s1. The summed E-state index contributed by atoms with van der Waals surface area (Å²) in [6.07, 6.45) is -9.52. The van der Waals surface area contributed by atoms with Crippen LogP contribution in [0.5, 0.6) is 0 Å². The molecule has 0 aromatic heterocycles. The van der Waals surface area contributed by atoms with E-state index in [2.05, 4.69) is 0 Å². The molecule has 1 N–H and O–H groups in total. The Labute approximate surface area is 397 Å². The smallest absolute Gasteiger partial charge is 0.413 e. The summed E-state index contributed by atoms with van der Waals surface area (Å²) in [6.45, 7) is 15.1. The summed E-state index contributed by atoms with van der Waals surface area (Å²) in [5.41, 5.74) is -4.81. The van der Waals surface area contributed by atoms with E-state index < -0.39 is 112 Å². The van der Waals surface area contributed by atoms with Crippen LogP contribution in [0.1, 0.15) is 108 Å². The molecule has 3 aromatic carbocycles. The molecule has 12 atom stereocenters. The maximum Gasteiger partial charge on any atom is 0.413 e. The molecule has 3 aromatic rings. The highest BCUT2D eigenvalue weighted by molar-refractivity contribution is 5.94. The van der Waals surface area contributed by atoms with Gasteiger partial charge in [-0.05, 0) is 70.4 Å². The van der Waals surface area contributed by atoms with Gasteiger partial charge in [-0.3, -0.25) is 14.5 Å². The first-order valence-electron chi connectivity index (χ1n) is 23.1. The van der Waals surface area contributed by atoms with Gasteiger partial charge in [-0.1, -0.05) is 92.2 Å². The van der Waals surface area contributed by atoms with Gasteiger partial charge in [0.25, 0.3) is 0 Å². The number of ketones is 1. The predicted molar refractivity (Wildman–Crippen MR) is 245 cm³/mol. The molecule has 1 amide bonds. The third-order valence-corrected chi connectivity index (χ3v) is 15.1. The summed E-state index contributed by atoms with van der Waals surface area (Å²) in [6, 6.07) is 23.5. The van der Waals surface area contributed by atoms with Crippen LogP contribution in [0.2, 0.25) is 0 Å². The maximum atomic E-state index is 15.8. The topological polar surface area (TPSA) is 183 Å². The number of fused-ring (bicyclic) bond motifs is 5. The highest BCUT2D eigenvalue weighted by Gasteiger charge is 2.78. The molecule has 2 saturated carbocycles. The van der Waals surface area contributed by atoms with Crippen molar-refractivity contribution >= 4 is 29.8 Å². The Morgan fingerprint density at radius 3 is 2.03 bits per heavy atom. The lowest BCUT2D eigenvalue weighted by Gasteiger charge is -2.67. The van der Waals surface area contributed by atoms with E-state index >= 15 is 9.59 Å². The van der Waals surface area contributed by atoms with Gasteiger partial charge in [0.2, 0.25) is 0 Å². The number of nitrogens with zero attached hydrogens (tertiary/aromatic N) is 1. The molecule has 68 heavy (non-hydrogen) atoms. The van der Waals surface area contributed by atoms with E-state index in [9.17, 15) is 19.5 Å². The summed E-state index contributed by atoms with van der Waals surface area (Å²) in [5, 5.41) is 14.0. The zero-order valence-electron chi connectivity index (χ0n) is 40.6. The minimum absolute atomic E-state index is 0.131. The number of methoxy groups -OCH3 is 2. The van der Waals surface area contributed by atoms with Crippen molar-refractivity contribution in [1.29, 1.82) is 0 Å². The number of aliphatic hydroxyl groups is 1. The SMILES string of the molecule is CO[C@H]1C(=O)[C@]2(C)[C@@H](OC)C[C@H]3OC[C@@]3(OC(C)=O)[C@H]2[C@H](OC(=O)c2ccccc2)[C@]2(O)C[C@H](OC(=O)C3OC(c4ccc(C)cc4)N(C(=O)OC(C)(C)C)C3c3ccccc3)C(C)=C1C2(C)C. The van der Waals surface area contributed by atoms with Crippen molar-refractivity contribution in [3.05, 3.63) is 118 Å². The highest BCUT2D eigenvalue weighted by Crippen LogP contribution is 2.65. The minimum atomic E-state index is -2.20. The molecule has 5 aliphatic rings. The lowest BCUT2D eigenvalue weighted by molar-refractivity contribution is -0.347. The normalized spacial score (nSPS) is 34.0. The zero-order valence-corrected chi connectivity index (χ0v) is 40.6. The van der Waals surface area contributed by atoms with Gasteiger partial charge >= 0.3 is 24.0 Å². The fourth-order valence-corrected chi connectivity index (χ4v) is 11.7. The van der Waals surface area contributed by atoms with E-state index in [1.54, 1.807) is 103 Å². The molecule has 2 aliphatic heterocycles. The first-order chi connectivity index (χ1) is 32.0. The fraction of sp³-hybridized carbons (Fsp3) is 0.528. The number of carbonyl (C=O) groups excluding carboxylic acids is 5. The average molecular weight is 938 g/mol. The Kier molecular flexibility index (Phi) is 12.8. The third-order valence-electron chi connectivity index (χ3n) is 15.1. The van der Waals surface area contributed by atoms with Gasteiger partial charge in [0.1, 0.15) is 41.7 Å². The summed E-state index contributed by atoms with van der Waals surface area (Å²) in [7, 11) is 2.85. The third kappa shape index (κ3) is 7.93. The summed E-state index contributed by atoms with van der Waals surface area (Å²) < 4.78 is 50.5. The number of esters is 3. The van der Waals surface area contributed by atoms with E-state index in [1.165, 1.54) is 26.0 Å². The van der Waals surface area contributed by atoms with E-state index in [0.717, 1.165) is 5.56 Å². The highest BCUT2D eigenvalue weighted by atomic mass is 16.6. The van der Waals surface area contributed by atoms with Crippen LogP contribution in [0.3, 0.4) is 0 Å². The van der Waals surface area contributed by atoms with Gasteiger partial charge in [-0.15, -0.1) is 0 Å². The van der Waals surface area contributed by atoms with Crippen LogP contribution < -0.4 is 0 Å². The molecule has 0 radical (unpaired) electrons. The quantitative estimate of drug-likeness (QED) is 0.128. The molecule has 2 heterocycles. The monoisotopic (exact) mass is 937 g/mol. The van der Waals surface area contributed by atoms with Crippen molar-refractivity contribution < 1.29 is 67.0 Å². The van der Waals surface area contributed by atoms with Crippen LogP contribution in [-0.2, 0) is 52.3 Å². The van der Waals surface area contributed by atoms with Crippen molar-refractivity contribution in [3.8, 4) is 0 Å². The van der Waals surface area contributed by atoms with E-state index in [0.29, 0.717) is 22.3 Å². The number of ether oxygens (including phenoxy) is 8. The number of amides is 1. The molecular weight excluding hydrogens is 875 g/mol. The van der Waals surface area contributed by atoms with Crippen molar-refractivity contribution in [1.82, 2.24) is 4.90 Å². The van der Waals surface area contributed by atoms with Crippen molar-refractivity contribution in [2.24, 2.45) is 16.7 Å². The Hall–Kier alpha value is -5.45. The molecule has 2 bridgehead atoms. The average Bonchev–Trinajstić information content (AvgIpc) is 3.69. The summed E-state index contributed by atoms with van der Waals surface area (Å²) in [4.78, 5) is 74.6. The van der Waals surface area contributed by atoms with Gasteiger partial charge in [-0.25, -0.2) is 14.4 Å². The summed E-state index contributed by atoms with van der Waals surface area (Å²) >= 11 is 0. The number of carbonyl (C=O) groups is 5. The van der Waals surface area contributed by atoms with Crippen molar-refractivity contribution in [2.75, 3.05) is 20.8 Å². The largest absolute Gasteiger partial charge is 0.456 e. The lowest BCUT2D eigenvalue weighted by atomic mass is 9.44. The molecule has 2 saturated heterocycles. The number of hydrogen-bond acceptors (Lipinski definition) is 14. The van der Waals surface area contributed by atoms with Gasteiger partial charge in [0, 0.05) is 45.0 Å². The molecule has 4 fully saturated rings. The van der Waals surface area contributed by atoms with E-state index in [-0.39, 0.29) is 25.0 Å². The van der Waals surface area contributed by atoms with Crippen LogP contribution in [-0.4, -0.2) is 114 Å². The molecule has 3 unspecified atom stereocenters. The Bertz CT molecular complexity index is 2470. The second kappa shape index (κ2) is 17.8. The number of hydrogen-bond donors (Lipinski definition) is 1. The fourth-order valence-electron chi connectivity index (χ4n) is 11.7. The van der Waals surface area contributed by atoms with Gasteiger partial charge in [0.15, 0.2) is 23.7 Å². The van der Waals surface area contributed by atoms with Crippen molar-refractivity contribution in [3.63, 3.8) is 0 Å². The number of benzene rings is 3. The number of Topliss-reactive ketones (excluding diaryl/α,β-unsaturated/α-hetero) is 1. The van der Waals surface area contributed by atoms with Gasteiger partial charge in [0.05, 0.1) is 29.6 Å². The Morgan fingerprint density at radius 2 is 1.47 bits per heavy atom. The van der Waals surface area contributed by atoms with E-state index in [1.807, 2.05) is 37.3 Å². The number of rotatable bonds is 9. The van der Waals surface area contributed by atoms with Gasteiger partial charge < -0.3 is 43.0 Å². The molecule has 15 nitrogen and oxygen atoms in total. The second-order valence-corrected chi connectivity index (χ2v) is 20.6. The minimum Gasteiger partial charge on any atom is -0.456 e. The first-order valence-corrected chi connectivity index (χ1v) is 23.1. The molecular formula is C53H63NO14.